The minimum absolute atomic E-state index is 0.0192. The van der Waals surface area contributed by atoms with E-state index in [0.29, 0.717) is 5.82 Å². The summed E-state index contributed by atoms with van der Waals surface area (Å²) >= 11 is 5.76. The Bertz CT molecular complexity index is 469. The summed E-state index contributed by atoms with van der Waals surface area (Å²) in [7, 11) is 0. The number of rotatable bonds is 5. The van der Waals surface area contributed by atoms with E-state index in [2.05, 4.69) is 9.97 Å². The van der Waals surface area contributed by atoms with Crippen LogP contribution >= 0.6 is 11.6 Å². The van der Waals surface area contributed by atoms with E-state index >= 15 is 0 Å². The summed E-state index contributed by atoms with van der Waals surface area (Å²) in [4.78, 5) is 19.6. The molecule has 0 spiro atoms. The maximum Gasteiger partial charge on any atom is 0.287 e. The van der Waals surface area contributed by atoms with E-state index < -0.39 is 25.0 Å². The fourth-order valence-electron chi connectivity index (χ4n) is 1.17. The van der Waals surface area contributed by atoms with Gasteiger partial charge in [0.25, 0.3) is 11.8 Å². The van der Waals surface area contributed by atoms with Crippen molar-refractivity contribution in [2.24, 2.45) is 0 Å². The molecule has 1 heterocycles. The first-order chi connectivity index (χ1) is 8.76. The highest BCUT2D eigenvalue weighted by atomic mass is 35.5. The van der Waals surface area contributed by atoms with Crippen LogP contribution in [0.1, 0.15) is 36.1 Å². The molecule has 0 radical (unpaired) electrons. The van der Waals surface area contributed by atoms with Gasteiger partial charge in [-0.1, -0.05) is 25.4 Å². The maximum absolute atomic E-state index is 12.8. The standard InChI is InChI=1S/C11H14ClF2N3O2/c1-6(2)9-15-3-7(12)8(17-9)10(19)16-4-11(13,14)5-18/h3,6,18H,4-5H2,1-2H3,(H,16,19). The Labute approximate surface area is 114 Å². The summed E-state index contributed by atoms with van der Waals surface area (Å²) < 4.78 is 25.6. The Balaban J connectivity index is 2.85. The number of carbonyl (C=O) groups is 1. The highest BCUT2D eigenvalue weighted by molar-refractivity contribution is 6.33. The van der Waals surface area contributed by atoms with Gasteiger partial charge in [0.05, 0.1) is 17.8 Å². The highest BCUT2D eigenvalue weighted by Gasteiger charge is 2.29. The molecule has 8 heteroatoms. The quantitative estimate of drug-likeness (QED) is 0.865. The molecular formula is C11H14ClF2N3O2. The van der Waals surface area contributed by atoms with Crippen molar-refractivity contribution in [3.05, 3.63) is 22.7 Å². The lowest BCUT2D eigenvalue weighted by molar-refractivity contribution is -0.0462. The third kappa shape index (κ3) is 4.36. The first-order valence-electron chi connectivity index (χ1n) is 5.56. The molecule has 0 saturated heterocycles. The van der Waals surface area contributed by atoms with Crippen molar-refractivity contribution in [2.45, 2.75) is 25.7 Å². The fraction of sp³-hybridized carbons (Fsp3) is 0.545. The second-order valence-corrected chi connectivity index (χ2v) is 4.68. The summed E-state index contributed by atoms with van der Waals surface area (Å²) in [5.74, 6) is -3.84. The Morgan fingerprint density at radius 2 is 2.21 bits per heavy atom. The van der Waals surface area contributed by atoms with Gasteiger partial charge in [-0.3, -0.25) is 4.79 Å². The second kappa shape index (κ2) is 6.21. The van der Waals surface area contributed by atoms with Gasteiger partial charge in [-0.25, -0.2) is 18.7 Å². The van der Waals surface area contributed by atoms with Gasteiger partial charge >= 0.3 is 0 Å². The number of carbonyl (C=O) groups excluding carboxylic acids is 1. The van der Waals surface area contributed by atoms with Gasteiger partial charge in [-0.2, -0.15) is 0 Å². The van der Waals surface area contributed by atoms with Gasteiger partial charge < -0.3 is 10.4 Å². The molecule has 0 bridgehead atoms. The van der Waals surface area contributed by atoms with Crippen molar-refractivity contribution in [3.63, 3.8) is 0 Å². The van der Waals surface area contributed by atoms with Crippen LogP contribution in [0.5, 0.6) is 0 Å². The van der Waals surface area contributed by atoms with E-state index in [0.717, 1.165) is 0 Å². The lowest BCUT2D eigenvalue weighted by Gasteiger charge is -2.14. The SMILES string of the molecule is CC(C)c1ncc(Cl)c(C(=O)NCC(F)(F)CO)n1. The summed E-state index contributed by atoms with van der Waals surface area (Å²) in [6.07, 6.45) is 1.25. The predicted molar refractivity (Wildman–Crippen MR) is 65.5 cm³/mol. The molecule has 1 amide bonds. The van der Waals surface area contributed by atoms with E-state index in [1.807, 2.05) is 19.2 Å². The van der Waals surface area contributed by atoms with Crippen molar-refractivity contribution >= 4 is 17.5 Å². The van der Waals surface area contributed by atoms with Crippen LogP contribution in [0.25, 0.3) is 0 Å². The number of nitrogens with zero attached hydrogens (tertiary/aromatic N) is 2. The van der Waals surface area contributed by atoms with Crippen molar-refractivity contribution in [3.8, 4) is 0 Å². The van der Waals surface area contributed by atoms with Gasteiger partial charge in [0.15, 0.2) is 0 Å². The van der Waals surface area contributed by atoms with Crippen molar-refractivity contribution < 1.29 is 18.7 Å². The van der Waals surface area contributed by atoms with Crippen LogP contribution in [-0.2, 0) is 0 Å². The van der Waals surface area contributed by atoms with Crippen LogP contribution in [0.2, 0.25) is 5.02 Å². The number of hydrogen-bond acceptors (Lipinski definition) is 4. The third-order valence-electron chi connectivity index (χ3n) is 2.23. The molecule has 2 N–H and O–H groups in total. The topological polar surface area (TPSA) is 75.1 Å². The average Bonchev–Trinajstić information content (AvgIpc) is 2.36. The van der Waals surface area contributed by atoms with Crippen LogP contribution in [0, 0.1) is 0 Å². The Morgan fingerprint density at radius 1 is 1.58 bits per heavy atom. The van der Waals surface area contributed by atoms with E-state index in [1.54, 1.807) is 0 Å². The molecule has 1 aromatic heterocycles. The lowest BCUT2D eigenvalue weighted by Crippen LogP contribution is -2.39. The van der Waals surface area contributed by atoms with E-state index in [4.69, 9.17) is 16.7 Å². The molecule has 0 atom stereocenters. The first-order valence-corrected chi connectivity index (χ1v) is 5.94. The number of aliphatic hydroxyl groups is 1. The molecule has 5 nitrogen and oxygen atoms in total. The molecule has 0 unspecified atom stereocenters. The van der Waals surface area contributed by atoms with Crippen LogP contribution in [0.4, 0.5) is 8.78 Å². The number of halogens is 3. The Kier molecular flexibility index (Phi) is 5.13. The van der Waals surface area contributed by atoms with E-state index in [1.165, 1.54) is 6.20 Å². The maximum atomic E-state index is 12.8. The summed E-state index contributed by atoms with van der Waals surface area (Å²) in [6, 6.07) is 0. The lowest BCUT2D eigenvalue weighted by atomic mass is 10.2. The number of alkyl halides is 2. The number of nitrogens with one attached hydrogen (secondary N) is 1. The molecule has 0 aliphatic heterocycles. The Morgan fingerprint density at radius 3 is 2.74 bits per heavy atom. The average molecular weight is 294 g/mol. The van der Waals surface area contributed by atoms with Crippen molar-refractivity contribution in [1.82, 2.24) is 15.3 Å². The van der Waals surface area contributed by atoms with E-state index in [9.17, 15) is 13.6 Å². The number of aliphatic hydroxyl groups excluding tert-OH is 1. The van der Waals surface area contributed by atoms with Gasteiger partial charge in [-0.05, 0) is 0 Å². The minimum atomic E-state index is -3.38. The van der Waals surface area contributed by atoms with Gasteiger partial charge in [0.1, 0.15) is 18.1 Å². The molecule has 1 rings (SSSR count). The summed E-state index contributed by atoms with van der Waals surface area (Å²) in [5.41, 5.74) is -0.158. The van der Waals surface area contributed by atoms with E-state index in [-0.39, 0.29) is 16.6 Å². The molecule has 0 aromatic carbocycles. The highest BCUT2D eigenvalue weighted by Crippen LogP contribution is 2.17. The Hall–Kier alpha value is -1.34. The minimum Gasteiger partial charge on any atom is -0.390 e. The largest absolute Gasteiger partial charge is 0.390 e. The molecular weight excluding hydrogens is 280 g/mol. The number of hydrogen-bond donors (Lipinski definition) is 2. The zero-order valence-corrected chi connectivity index (χ0v) is 11.2. The van der Waals surface area contributed by atoms with Gasteiger partial charge in [0.2, 0.25) is 0 Å². The first kappa shape index (κ1) is 15.7. The van der Waals surface area contributed by atoms with Crippen LogP contribution in [0.15, 0.2) is 6.20 Å². The molecule has 0 aliphatic rings. The molecule has 0 fully saturated rings. The second-order valence-electron chi connectivity index (χ2n) is 4.28. The van der Waals surface area contributed by atoms with Crippen molar-refractivity contribution in [1.29, 1.82) is 0 Å². The monoisotopic (exact) mass is 293 g/mol. The van der Waals surface area contributed by atoms with Gasteiger partial charge in [0, 0.05) is 5.92 Å². The molecule has 106 valence electrons. The predicted octanol–water partition coefficient (Wildman–Crippen LogP) is 1.61. The van der Waals surface area contributed by atoms with Crippen LogP contribution in [0.3, 0.4) is 0 Å². The van der Waals surface area contributed by atoms with Crippen molar-refractivity contribution in [2.75, 3.05) is 13.2 Å². The fourth-order valence-corrected chi connectivity index (χ4v) is 1.34. The van der Waals surface area contributed by atoms with Gasteiger partial charge in [-0.15, -0.1) is 0 Å². The molecule has 0 saturated carbocycles. The molecule has 19 heavy (non-hydrogen) atoms. The normalized spacial score (nSPS) is 11.7. The summed E-state index contributed by atoms with van der Waals surface area (Å²) in [6.45, 7) is 1.32. The molecule has 1 aromatic rings. The number of amides is 1. The smallest absolute Gasteiger partial charge is 0.287 e. The zero-order valence-electron chi connectivity index (χ0n) is 10.5. The third-order valence-corrected chi connectivity index (χ3v) is 2.51. The van der Waals surface area contributed by atoms with Crippen LogP contribution < -0.4 is 5.32 Å². The number of aromatic nitrogens is 2. The summed E-state index contributed by atoms with van der Waals surface area (Å²) in [5, 5.41) is 10.4. The zero-order chi connectivity index (χ0) is 14.6. The van der Waals surface area contributed by atoms with Crippen LogP contribution in [-0.4, -0.2) is 40.1 Å². The molecule has 0 aliphatic carbocycles.